The normalized spacial score (nSPS) is 9.93. The molecule has 0 amide bonds. The first kappa shape index (κ1) is 9.59. The largest absolute Gasteiger partial charge is 0.298 e. The monoisotopic (exact) mass is 197 g/mol. The van der Waals surface area contributed by atoms with Gasteiger partial charge in [0.05, 0.1) is 0 Å². The van der Waals surface area contributed by atoms with E-state index in [1.807, 2.05) is 37.3 Å². The number of carbonyl (C=O) groups is 1. The van der Waals surface area contributed by atoms with E-state index in [-0.39, 0.29) is 0 Å². The number of aromatic nitrogens is 1. The molecule has 15 heavy (non-hydrogen) atoms. The molecule has 0 saturated heterocycles. The van der Waals surface area contributed by atoms with E-state index < -0.39 is 0 Å². The van der Waals surface area contributed by atoms with E-state index in [9.17, 15) is 4.79 Å². The Kier molecular flexibility index (Phi) is 2.59. The van der Waals surface area contributed by atoms with Crippen LogP contribution >= 0.6 is 0 Å². The Balaban J connectivity index is 2.58. The van der Waals surface area contributed by atoms with E-state index in [0.29, 0.717) is 5.56 Å². The Morgan fingerprint density at radius 1 is 1.20 bits per heavy atom. The van der Waals surface area contributed by atoms with Crippen LogP contribution in [0.15, 0.2) is 42.7 Å². The summed E-state index contributed by atoms with van der Waals surface area (Å²) >= 11 is 0. The summed E-state index contributed by atoms with van der Waals surface area (Å²) in [5, 5.41) is 0. The topological polar surface area (TPSA) is 30.0 Å². The number of aldehydes is 1. The molecule has 0 atom stereocenters. The maximum atomic E-state index is 10.9. The molecule has 0 aliphatic rings. The van der Waals surface area contributed by atoms with Gasteiger partial charge in [-0.05, 0) is 24.1 Å². The van der Waals surface area contributed by atoms with Crippen molar-refractivity contribution in [2.24, 2.45) is 0 Å². The lowest BCUT2D eigenvalue weighted by atomic mass is 10.0. The lowest BCUT2D eigenvalue weighted by molar-refractivity contribution is 0.112. The fraction of sp³-hybridized carbons (Fsp3) is 0.0769. The van der Waals surface area contributed by atoms with Gasteiger partial charge in [0.2, 0.25) is 0 Å². The third-order valence-electron chi connectivity index (χ3n) is 2.27. The summed E-state index contributed by atoms with van der Waals surface area (Å²) < 4.78 is 0. The van der Waals surface area contributed by atoms with Gasteiger partial charge in [-0.25, -0.2) is 0 Å². The zero-order valence-corrected chi connectivity index (χ0v) is 8.47. The van der Waals surface area contributed by atoms with E-state index in [0.717, 1.165) is 23.0 Å². The molecule has 1 aromatic heterocycles. The van der Waals surface area contributed by atoms with Gasteiger partial charge < -0.3 is 0 Å². The molecular weight excluding hydrogens is 186 g/mol. The molecule has 2 rings (SSSR count). The molecule has 0 aliphatic carbocycles. The molecular formula is C13H11NO. The van der Waals surface area contributed by atoms with E-state index in [2.05, 4.69) is 4.98 Å². The highest BCUT2D eigenvalue weighted by Crippen LogP contribution is 2.22. The average molecular weight is 197 g/mol. The molecule has 0 spiro atoms. The standard InChI is InChI=1S/C13H11NO/c1-10-6-12(8-14-7-10)13-5-3-2-4-11(13)9-15/h2-9H,1H3. The van der Waals surface area contributed by atoms with Gasteiger partial charge in [-0.3, -0.25) is 9.78 Å². The van der Waals surface area contributed by atoms with Crippen molar-refractivity contribution in [2.75, 3.05) is 0 Å². The Labute approximate surface area is 88.6 Å². The van der Waals surface area contributed by atoms with Crippen LogP contribution in [0.5, 0.6) is 0 Å². The van der Waals surface area contributed by atoms with Crippen molar-refractivity contribution >= 4 is 6.29 Å². The average Bonchev–Trinajstić information content (AvgIpc) is 2.29. The number of rotatable bonds is 2. The number of pyridine rings is 1. The number of nitrogens with zero attached hydrogens (tertiary/aromatic N) is 1. The molecule has 1 heterocycles. The zero-order valence-electron chi connectivity index (χ0n) is 8.47. The Morgan fingerprint density at radius 2 is 2.00 bits per heavy atom. The van der Waals surface area contributed by atoms with Crippen LogP contribution in [0.4, 0.5) is 0 Å². The van der Waals surface area contributed by atoms with Crippen LogP contribution in [0.2, 0.25) is 0 Å². The van der Waals surface area contributed by atoms with Crippen molar-refractivity contribution in [3.8, 4) is 11.1 Å². The van der Waals surface area contributed by atoms with Gasteiger partial charge in [-0.15, -0.1) is 0 Å². The molecule has 0 bridgehead atoms. The molecule has 1 aromatic carbocycles. The molecule has 0 aliphatic heterocycles. The summed E-state index contributed by atoms with van der Waals surface area (Å²) in [5.41, 5.74) is 3.71. The first-order valence-electron chi connectivity index (χ1n) is 4.77. The lowest BCUT2D eigenvalue weighted by Crippen LogP contribution is -1.88. The first-order valence-corrected chi connectivity index (χ1v) is 4.77. The van der Waals surface area contributed by atoms with Gasteiger partial charge in [0, 0.05) is 23.5 Å². The van der Waals surface area contributed by atoms with Gasteiger partial charge in [-0.2, -0.15) is 0 Å². The predicted molar refractivity (Wildman–Crippen MR) is 59.8 cm³/mol. The third-order valence-corrected chi connectivity index (χ3v) is 2.27. The fourth-order valence-electron chi connectivity index (χ4n) is 1.56. The summed E-state index contributed by atoms with van der Waals surface area (Å²) in [4.78, 5) is 15.0. The van der Waals surface area contributed by atoms with Crippen molar-refractivity contribution < 1.29 is 4.79 Å². The minimum atomic E-state index is 0.699. The Hall–Kier alpha value is -1.96. The quantitative estimate of drug-likeness (QED) is 0.693. The van der Waals surface area contributed by atoms with Crippen LogP contribution in [-0.4, -0.2) is 11.3 Å². The molecule has 0 radical (unpaired) electrons. The number of carbonyl (C=O) groups excluding carboxylic acids is 1. The maximum Gasteiger partial charge on any atom is 0.150 e. The smallest absolute Gasteiger partial charge is 0.150 e. The summed E-state index contributed by atoms with van der Waals surface area (Å²) in [6.45, 7) is 1.99. The van der Waals surface area contributed by atoms with Gasteiger partial charge in [0.15, 0.2) is 6.29 Å². The van der Waals surface area contributed by atoms with Gasteiger partial charge in [0.1, 0.15) is 0 Å². The highest BCUT2D eigenvalue weighted by molar-refractivity contribution is 5.87. The number of hydrogen-bond acceptors (Lipinski definition) is 2. The predicted octanol–water partition coefficient (Wildman–Crippen LogP) is 2.87. The van der Waals surface area contributed by atoms with Crippen LogP contribution in [0, 0.1) is 6.92 Å². The molecule has 0 unspecified atom stereocenters. The maximum absolute atomic E-state index is 10.9. The molecule has 0 saturated carbocycles. The Bertz CT molecular complexity index is 491. The highest BCUT2D eigenvalue weighted by Gasteiger charge is 2.03. The van der Waals surface area contributed by atoms with Crippen molar-refractivity contribution in [1.82, 2.24) is 4.98 Å². The van der Waals surface area contributed by atoms with E-state index in [4.69, 9.17) is 0 Å². The van der Waals surface area contributed by atoms with Crippen molar-refractivity contribution in [3.63, 3.8) is 0 Å². The summed E-state index contributed by atoms with van der Waals surface area (Å²) in [7, 11) is 0. The molecule has 2 heteroatoms. The first-order chi connectivity index (χ1) is 7.31. The van der Waals surface area contributed by atoms with Crippen molar-refractivity contribution in [3.05, 3.63) is 53.9 Å². The molecule has 0 fully saturated rings. The fourth-order valence-corrected chi connectivity index (χ4v) is 1.56. The second kappa shape index (κ2) is 4.05. The van der Waals surface area contributed by atoms with Gasteiger partial charge in [-0.1, -0.05) is 24.3 Å². The summed E-state index contributed by atoms with van der Waals surface area (Å²) in [6.07, 6.45) is 4.44. The van der Waals surface area contributed by atoms with Crippen LogP contribution in [0.3, 0.4) is 0 Å². The number of hydrogen-bond donors (Lipinski definition) is 0. The highest BCUT2D eigenvalue weighted by atomic mass is 16.1. The van der Waals surface area contributed by atoms with Crippen LogP contribution in [0.25, 0.3) is 11.1 Å². The summed E-state index contributed by atoms with van der Waals surface area (Å²) in [6, 6.07) is 9.54. The SMILES string of the molecule is Cc1cncc(-c2ccccc2C=O)c1. The number of aryl methyl sites for hydroxylation is 1. The zero-order chi connectivity index (χ0) is 10.7. The number of benzene rings is 1. The second-order valence-corrected chi connectivity index (χ2v) is 3.46. The lowest BCUT2D eigenvalue weighted by Gasteiger charge is -2.04. The van der Waals surface area contributed by atoms with Crippen LogP contribution in [-0.2, 0) is 0 Å². The third kappa shape index (κ3) is 1.94. The minimum absolute atomic E-state index is 0.699. The van der Waals surface area contributed by atoms with Crippen molar-refractivity contribution in [1.29, 1.82) is 0 Å². The van der Waals surface area contributed by atoms with Crippen LogP contribution < -0.4 is 0 Å². The minimum Gasteiger partial charge on any atom is -0.298 e. The summed E-state index contributed by atoms with van der Waals surface area (Å²) in [5.74, 6) is 0. The van der Waals surface area contributed by atoms with E-state index in [1.54, 1.807) is 12.4 Å². The second-order valence-electron chi connectivity index (χ2n) is 3.46. The molecule has 74 valence electrons. The van der Waals surface area contributed by atoms with E-state index in [1.165, 1.54) is 0 Å². The van der Waals surface area contributed by atoms with Crippen LogP contribution in [0.1, 0.15) is 15.9 Å². The molecule has 2 aromatic rings. The molecule has 2 nitrogen and oxygen atoms in total. The van der Waals surface area contributed by atoms with Gasteiger partial charge >= 0.3 is 0 Å². The van der Waals surface area contributed by atoms with Gasteiger partial charge in [0.25, 0.3) is 0 Å². The van der Waals surface area contributed by atoms with Crippen molar-refractivity contribution in [2.45, 2.75) is 6.92 Å². The Morgan fingerprint density at radius 3 is 2.73 bits per heavy atom. The van der Waals surface area contributed by atoms with E-state index >= 15 is 0 Å². The molecule has 0 N–H and O–H groups in total.